The molecule has 0 saturated heterocycles. The van der Waals surface area contributed by atoms with Gasteiger partial charge in [-0.3, -0.25) is 0 Å². The van der Waals surface area contributed by atoms with E-state index in [9.17, 15) is 0 Å². The third-order valence-electron chi connectivity index (χ3n) is 3.91. The van der Waals surface area contributed by atoms with E-state index in [2.05, 4.69) is 26.1 Å². The number of ether oxygens (including phenoxy) is 1. The fourth-order valence-electron chi connectivity index (χ4n) is 2.58. The average Bonchev–Trinajstić information content (AvgIpc) is 2.58. The number of rotatable bonds is 18. The van der Waals surface area contributed by atoms with Crippen LogP contribution in [0.5, 0.6) is 0 Å². The number of hydrogen-bond acceptors (Lipinski definition) is 4. The summed E-state index contributed by atoms with van der Waals surface area (Å²) in [5, 5.41) is 3.54. The van der Waals surface area contributed by atoms with Crippen molar-refractivity contribution >= 4 is 8.56 Å². The second kappa shape index (κ2) is 16.9. The fraction of sp³-hybridized carbons (Fsp3) is 1.00. The van der Waals surface area contributed by atoms with E-state index in [-0.39, 0.29) is 0 Å². The molecule has 0 fully saturated rings. The van der Waals surface area contributed by atoms with Crippen LogP contribution in [0.1, 0.15) is 65.7 Å². The summed E-state index contributed by atoms with van der Waals surface area (Å²) in [6.45, 7) is 11.3. The number of hydrogen-bond donors (Lipinski definition) is 1. The van der Waals surface area contributed by atoms with Crippen LogP contribution in [0.25, 0.3) is 0 Å². The molecule has 0 amide bonds. The first-order chi connectivity index (χ1) is 11.2. The van der Waals surface area contributed by atoms with Gasteiger partial charge in [0.15, 0.2) is 0 Å². The van der Waals surface area contributed by atoms with E-state index in [4.69, 9.17) is 13.6 Å². The molecule has 5 heteroatoms. The summed E-state index contributed by atoms with van der Waals surface area (Å²) in [6, 6.07) is 2.27. The van der Waals surface area contributed by atoms with Crippen LogP contribution in [0, 0.1) is 0 Å². The molecule has 4 nitrogen and oxygen atoms in total. The summed E-state index contributed by atoms with van der Waals surface area (Å²) in [7, 11) is -0.235. The lowest BCUT2D eigenvalue weighted by Crippen LogP contribution is -2.43. The highest BCUT2D eigenvalue weighted by Crippen LogP contribution is 2.24. The van der Waals surface area contributed by atoms with Crippen molar-refractivity contribution in [3.63, 3.8) is 0 Å². The topological polar surface area (TPSA) is 39.7 Å². The molecule has 23 heavy (non-hydrogen) atoms. The van der Waals surface area contributed by atoms with E-state index in [0.29, 0.717) is 0 Å². The molecule has 0 radical (unpaired) electrons. The summed E-state index contributed by atoms with van der Waals surface area (Å²) in [6.07, 6.45) is 8.08. The highest BCUT2D eigenvalue weighted by atomic mass is 28.4. The van der Waals surface area contributed by atoms with Crippen LogP contribution in [0.3, 0.4) is 0 Å². The Kier molecular flexibility index (Phi) is 16.9. The van der Waals surface area contributed by atoms with Crippen LogP contribution in [-0.4, -0.2) is 48.6 Å². The molecule has 0 unspecified atom stereocenters. The molecule has 0 aliphatic rings. The van der Waals surface area contributed by atoms with Gasteiger partial charge >= 0.3 is 8.56 Å². The Bertz CT molecular complexity index is 221. The highest BCUT2D eigenvalue weighted by Gasteiger charge is 2.36. The maximum Gasteiger partial charge on any atom is 0.338 e. The minimum atomic E-state index is -2.00. The molecule has 0 aromatic rings. The van der Waals surface area contributed by atoms with E-state index in [1.54, 1.807) is 7.11 Å². The first-order valence-corrected chi connectivity index (χ1v) is 11.9. The molecule has 0 atom stereocenters. The largest absolute Gasteiger partial charge is 0.394 e. The van der Waals surface area contributed by atoms with Crippen molar-refractivity contribution in [1.29, 1.82) is 0 Å². The second-order valence-electron chi connectivity index (χ2n) is 6.26. The average molecular weight is 348 g/mol. The maximum absolute atomic E-state index is 6.32. The van der Waals surface area contributed by atoms with E-state index in [0.717, 1.165) is 70.7 Å². The Morgan fingerprint density at radius 3 is 1.87 bits per heavy atom. The van der Waals surface area contributed by atoms with Crippen molar-refractivity contribution in [2.24, 2.45) is 0 Å². The van der Waals surface area contributed by atoms with Crippen LogP contribution >= 0.6 is 0 Å². The molecule has 140 valence electrons. The van der Waals surface area contributed by atoms with Gasteiger partial charge in [0.1, 0.15) is 0 Å². The summed E-state index contributed by atoms with van der Waals surface area (Å²) in [5.74, 6) is 0. The van der Waals surface area contributed by atoms with Crippen molar-refractivity contribution in [3.05, 3.63) is 0 Å². The Balaban J connectivity index is 4.14. The van der Waals surface area contributed by atoms with Crippen molar-refractivity contribution < 1.29 is 13.6 Å². The molecule has 0 spiro atoms. The first kappa shape index (κ1) is 23.1. The van der Waals surface area contributed by atoms with Crippen LogP contribution in [0.15, 0.2) is 0 Å². The SMILES string of the molecule is CCCC[Si](CCCNCCCCOC)(OCCC)OCCC. The Labute approximate surface area is 145 Å². The van der Waals surface area contributed by atoms with Gasteiger partial charge in [0.2, 0.25) is 0 Å². The zero-order valence-electron chi connectivity index (χ0n) is 16.1. The van der Waals surface area contributed by atoms with Crippen molar-refractivity contribution in [2.75, 3.05) is 40.0 Å². The van der Waals surface area contributed by atoms with E-state index < -0.39 is 8.56 Å². The molecule has 0 saturated carbocycles. The number of unbranched alkanes of at least 4 members (excludes halogenated alkanes) is 2. The lowest BCUT2D eigenvalue weighted by atomic mass is 10.3. The highest BCUT2D eigenvalue weighted by molar-refractivity contribution is 6.67. The third-order valence-corrected chi connectivity index (χ3v) is 7.60. The van der Waals surface area contributed by atoms with E-state index >= 15 is 0 Å². The first-order valence-electron chi connectivity index (χ1n) is 9.72. The molecule has 0 aliphatic heterocycles. The molecule has 1 N–H and O–H groups in total. The van der Waals surface area contributed by atoms with Crippen LogP contribution < -0.4 is 5.32 Å². The van der Waals surface area contributed by atoms with Crippen LogP contribution in [-0.2, 0) is 13.6 Å². The summed E-state index contributed by atoms with van der Waals surface area (Å²) in [5.41, 5.74) is 0. The van der Waals surface area contributed by atoms with Gasteiger partial charge in [0, 0.05) is 26.9 Å². The summed E-state index contributed by atoms with van der Waals surface area (Å²) in [4.78, 5) is 0. The third kappa shape index (κ3) is 13.1. The standard InChI is InChI=1S/C18H41NO3Si/c1-5-8-17-23(21-14-6-2,22-15-7-3)18-11-13-19-12-9-10-16-20-4/h19H,5-18H2,1-4H3. The zero-order chi connectivity index (χ0) is 17.2. The second-order valence-corrected chi connectivity index (χ2v) is 9.66. The smallest absolute Gasteiger partial charge is 0.338 e. The van der Waals surface area contributed by atoms with E-state index in [1.165, 1.54) is 19.3 Å². The predicted octanol–water partition coefficient (Wildman–Crippen LogP) is 4.49. The van der Waals surface area contributed by atoms with Gasteiger partial charge in [-0.1, -0.05) is 33.6 Å². The van der Waals surface area contributed by atoms with Gasteiger partial charge < -0.3 is 18.9 Å². The molecule has 0 aromatic carbocycles. The molecule has 0 heterocycles. The Hall–Kier alpha value is 0.0569. The van der Waals surface area contributed by atoms with Gasteiger partial charge in [-0.15, -0.1) is 0 Å². The Morgan fingerprint density at radius 1 is 0.696 bits per heavy atom. The summed E-state index contributed by atoms with van der Waals surface area (Å²) < 4.78 is 17.7. The van der Waals surface area contributed by atoms with Gasteiger partial charge in [0.25, 0.3) is 0 Å². The van der Waals surface area contributed by atoms with Gasteiger partial charge in [-0.2, -0.15) is 0 Å². The number of methoxy groups -OCH3 is 1. The molecular formula is C18H41NO3Si. The minimum Gasteiger partial charge on any atom is -0.394 e. The molecule has 0 bridgehead atoms. The van der Waals surface area contributed by atoms with E-state index in [1.807, 2.05) is 0 Å². The molecule has 0 aromatic heterocycles. The lowest BCUT2D eigenvalue weighted by Gasteiger charge is -2.31. The zero-order valence-corrected chi connectivity index (χ0v) is 17.1. The van der Waals surface area contributed by atoms with Crippen molar-refractivity contribution in [3.8, 4) is 0 Å². The predicted molar refractivity (Wildman–Crippen MR) is 101 cm³/mol. The van der Waals surface area contributed by atoms with Gasteiger partial charge in [-0.25, -0.2) is 0 Å². The molecule has 0 rings (SSSR count). The van der Waals surface area contributed by atoms with Gasteiger partial charge in [-0.05, 0) is 57.3 Å². The molecule has 0 aliphatic carbocycles. The fourth-order valence-corrected chi connectivity index (χ4v) is 6.25. The normalized spacial score (nSPS) is 12.0. The summed E-state index contributed by atoms with van der Waals surface area (Å²) >= 11 is 0. The quantitative estimate of drug-likeness (QED) is 0.293. The Morgan fingerprint density at radius 2 is 1.30 bits per heavy atom. The lowest BCUT2D eigenvalue weighted by molar-refractivity contribution is 0.165. The molecular weight excluding hydrogens is 306 g/mol. The monoisotopic (exact) mass is 347 g/mol. The van der Waals surface area contributed by atoms with Crippen LogP contribution in [0.2, 0.25) is 12.1 Å². The van der Waals surface area contributed by atoms with Gasteiger partial charge in [0.05, 0.1) is 0 Å². The van der Waals surface area contributed by atoms with Crippen molar-refractivity contribution in [1.82, 2.24) is 5.32 Å². The van der Waals surface area contributed by atoms with Crippen LogP contribution in [0.4, 0.5) is 0 Å². The van der Waals surface area contributed by atoms with Crippen molar-refractivity contribution in [2.45, 2.75) is 77.8 Å². The minimum absolute atomic E-state index is 0.851. The maximum atomic E-state index is 6.32. The number of nitrogens with one attached hydrogen (secondary N) is 1.